The van der Waals surface area contributed by atoms with Crippen molar-refractivity contribution < 1.29 is 57.6 Å². The summed E-state index contributed by atoms with van der Waals surface area (Å²) in [6.07, 6.45) is -9.75. The van der Waals surface area contributed by atoms with Crippen LogP contribution in [0.5, 0.6) is 0 Å². The summed E-state index contributed by atoms with van der Waals surface area (Å²) in [5, 5.41) is -6.57. The summed E-state index contributed by atoms with van der Waals surface area (Å²) in [6.45, 7) is -0.366. The fraction of sp³-hybridized carbons (Fsp3) is 1.00. The van der Waals surface area contributed by atoms with Crippen LogP contribution in [0.25, 0.3) is 0 Å². The van der Waals surface area contributed by atoms with E-state index in [2.05, 4.69) is 4.74 Å². The van der Waals surface area contributed by atoms with E-state index >= 15 is 0 Å². The highest BCUT2D eigenvalue weighted by atomic mass is 32.2. The highest BCUT2D eigenvalue weighted by Gasteiger charge is 2.73. The summed E-state index contributed by atoms with van der Waals surface area (Å²) in [5.74, 6) is -3.93. The normalized spacial score (nSPS) is 32.0. The second-order valence-electron chi connectivity index (χ2n) is 8.88. The lowest BCUT2D eigenvalue weighted by atomic mass is 9.54. The van der Waals surface area contributed by atoms with E-state index in [1.54, 1.807) is 0 Å². The molecule has 0 amide bonds. The molecule has 4 bridgehead atoms. The van der Waals surface area contributed by atoms with Gasteiger partial charge in [-0.25, -0.2) is 4.74 Å². The third-order valence-corrected chi connectivity index (χ3v) is 7.26. The Morgan fingerprint density at radius 1 is 0.839 bits per heavy atom. The molecule has 4 rings (SSSR count). The zero-order chi connectivity index (χ0) is 23.5. The van der Waals surface area contributed by atoms with Crippen LogP contribution in [0.1, 0.15) is 51.4 Å². The van der Waals surface area contributed by atoms with E-state index in [0.29, 0.717) is 17.8 Å². The summed E-state index contributed by atoms with van der Waals surface area (Å²) in [7, 11) is -6.93. The Hall–Kier alpha value is -0.730. The molecule has 0 aliphatic heterocycles. The molecule has 5 nitrogen and oxygen atoms in total. The quantitative estimate of drug-likeness (QED) is 0.263. The SMILES string of the molecule is O=S(=O)(O)C(F)(F)C(F)(F)OC(F)(F)C(F)(F)CCCOC12CC3CC(CC(C3)C1)C2. The Morgan fingerprint density at radius 3 is 1.71 bits per heavy atom. The number of hydrogen-bond donors (Lipinski definition) is 1. The van der Waals surface area contributed by atoms with Gasteiger partial charge in [-0.05, 0) is 62.7 Å². The first-order valence-electron chi connectivity index (χ1n) is 9.72. The molecule has 0 aromatic heterocycles. The van der Waals surface area contributed by atoms with Crippen molar-refractivity contribution in [1.82, 2.24) is 0 Å². The van der Waals surface area contributed by atoms with Crippen molar-refractivity contribution in [3.63, 3.8) is 0 Å². The van der Waals surface area contributed by atoms with E-state index in [-0.39, 0.29) is 6.61 Å². The molecule has 0 aromatic carbocycles. The van der Waals surface area contributed by atoms with Gasteiger partial charge in [-0.2, -0.15) is 43.5 Å². The van der Waals surface area contributed by atoms with Gasteiger partial charge in [0.1, 0.15) is 0 Å². The molecular weight excluding hydrogens is 468 g/mol. The molecule has 4 fully saturated rings. The monoisotopic (exact) mass is 490 g/mol. The summed E-state index contributed by atoms with van der Waals surface area (Å²) in [5.41, 5.74) is -0.506. The maximum Gasteiger partial charge on any atom is 0.460 e. The number of halogens is 8. The summed E-state index contributed by atoms with van der Waals surface area (Å²) < 4.78 is 144. The van der Waals surface area contributed by atoms with Crippen LogP contribution in [-0.2, 0) is 19.6 Å². The molecule has 0 spiro atoms. The van der Waals surface area contributed by atoms with E-state index in [0.717, 1.165) is 38.5 Å². The molecule has 31 heavy (non-hydrogen) atoms. The van der Waals surface area contributed by atoms with Crippen LogP contribution in [0, 0.1) is 17.8 Å². The minimum Gasteiger partial charge on any atom is -0.375 e. The van der Waals surface area contributed by atoms with Gasteiger partial charge in [-0.1, -0.05) is 0 Å². The number of rotatable bonds is 10. The zero-order valence-electron chi connectivity index (χ0n) is 16.1. The minimum atomic E-state index is -6.93. The van der Waals surface area contributed by atoms with Gasteiger partial charge in [0.15, 0.2) is 0 Å². The number of hydrogen-bond acceptors (Lipinski definition) is 4. The smallest absolute Gasteiger partial charge is 0.375 e. The van der Waals surface area contributed by atoms with Gasteiger partial charge in [0.2, 0.25) is 0 Å². The third kappa shape index (κ3) is 4.67. The van der Waals surface area contributed by atoms with Crippen LogP contribution < -0.4 is 0 Å². The van der Waals surface area contributed by atoms with Crippen molar-refractivity contribution in [2.24, 2.45) is 17.8 Å². The molecule has 0 unspecified atom stereocenters. The Morgan fingerprint density at radius 2 is 1.29 bits per heavy atom. The molecule has 4 saturated carbocycles. The lowest BCUT2D eigenvalue weighted by molar-refractivity contribution is -0.456. The summed E-state index contributed by atoms with van der Waals surface area (Å²) in [6, 6.07) is 0. The lowest BCUT2D eigenvalue weighted by Gasteiger charge is -2.56. The van der Waals surface area contributed by atoms with Gasteiger partial charge < -0.3 is 4.74 Å². The van der Waals surface area contributed by atoms with E-state index in [9.17, 15) is 43.5 Å². The molecule has 0 radical (unpaired) electrons. The second-order valence-corrected chi connectivity index (χ2v) is 10.3. The van der Waals surface area contributed by atoms with Crippen LogP contribution in [0.3, 0.4) is 0 Å². The van der Waals surface area contributed by atoms with E-state index in [4.69, 9.17) is 9.29 Å². The van der Waals surface area contributed by atoms with Gasteiger partial charge in [-0.15, -0.1) is 0 Å². The maximum absolute atomic E-state index is 13.8. The average molecular weight is 490 g/mol. The van der Waals surface area contributed by atoms with E-state index < -0.39 is 52.0 Å². The first-order chi connectivity index (χ1) is 13.9. The minimum absolute atomic E-state index is 0.366. The Labute approximate surface area is 173 Å². The molecule has 4 aliphatic rings. The fourth-order valence-corrected chi connectivity index (χ4v) is 5.72. The maximum atomic E-state index is 13.8. The van der Waals surface area contributed by atoms with Crippen LogP contribution in [0.4, 0.5) is 35.1 Å². The third-order valence-electron chi connectivity index (χ3n) is 6.37. The van der Waals surface area contributed by atoms with E-state index in [1.165, 1.54) is 0 Å². The van der Waals surface area contributed by atoms with Crippen LogP contribution in [-0.4, -0.2) is 48.6 Å². The molecule has 0 atom stereocenters. The van der Waals surface area contributed by atoms with Crippen molar-refractivity contribution in [2.45, 2.75) is 80.4 Å². The Balaban J connectivity index is 1.56. The molecule has 182 valence electrons. The Bertz CT molecular complexity index is 750. The molecule has 14 heteroatoms. The van der Waals surface area contributed by atoms with Gasteiger partial charge >= 0.3 is 33.5 Å². The average Bonchev–Trinajstić information content (AvgIpc) is 2.55. The molecule has 0 aromatic rings. The van der Waals surface area contributed by atoms with Crippen molar-refractivity contribution in [2.75, 3.05) is 6.61 Å². The zero-order valence-corrected chi connectivity index (χ0v) is 16.9. The highest BCUT2D eigenvalue weighted by molar-refractivity contribution is 7.86. The topological polar surface area (TPSA) is 72.8 Å². The van der Waals surface area contributed by atoms with Crippen molar-refractivity contribution in [3.05, 3.63) is 0 Å². The highest BCUT2D eigenvalue weighted by Crippen LogP contribution is 2.57. The van der Waals surface area contributed by atoms with Crippen LogP contribution >= 0.6 is 0 Å². The second kappa shape index (κ2) is 7.66. The Kier molecular flexibility index (Phi) is 6.15. The van der Waals surface area contributed by atoms with Crippen molar-refractivity contribution in [1.29, 1.82) is 0 Å². The van der Waals surface area contributed by atoms with Gasteiger partial charge in [0.05, 0.1) is 5.60 Å². The molecular formula is C17H22F8O5S. The van der Waals surface area contributed by atoms with Crippen LogP contribution in [0.2, 0.25) is 0 Å². The van der Waals surface area contributed by atoms with Gasteiger partial charge in [-0.3, -0.25) is 4.55 Å². The van der Waals surface area contributed by atoms with Crippen molar-refractivity contribution >= 4 is 10.1 Å². The van der Waals surface area contributed by atoms with Gasteiger partial charge in [0.25, 0.3) is 0 Å². The molecule has 0 heterocycles. The first-order valence-corrected chi connectivity index (χ1v) is 11.2. The van der Waals surface area contributed by atoms with Gasteiger partial charge in [0, 0.05) is 13.0 Å². The molecule has 4 aliphatic carbocycles. The summed E-state index contributed by atoms with van der Waals surface area (Å²) >= 11 is 0. The largest absolute Gasteiger partial charge is 0.460 e. The standard InChI is InChI=1S/C17H22F8O5S/c18-14(19,15(20,21)30-16(22,23)17(24,25)31(26,27)28)2-1-3-29-13-7-10-4-11(8-13)6-12(5-10)9-13/h10-12H,1-9H2,(H,26,27,28). The van der Waals surface area contributed by atoms with Crippen LogP contribution in [0.15, 0.2) is 0 Å². The predicted molar refractivity (Wildman–Crippen MR) is 88.5 cm³/mol. The molecule has 1 N–H and O–H groups in total. The van der Waals surface area contributed by atoms with E-state index in [1.807, 2.05) is 0 Å². The predicted octanol–water partition coefficient (Wildman–Crippen LogP) is 5.07. The fourth-order valence-electron chi connectivity index (χ4n) is 5.38. The summed E-state index contributed by atoms with van der Waals surface area (Å²) in [4.78, 5) is 0. The number of ether oxygens (including phenoxy) is 2. The van der Waals surface area contributed by atoms with Crippen molar-refractivity contribution in [3.8, 4) is 0 Å². The molecule has 0 saturated heterocycles. The first kappa shape index (κ1) is 24.9. The lowest BCUT2D eigenvalue weighted by Crippen LogP contribution is -2.56. The number of alkyl halides is 8.